The number of benzene rings is 1. The zero-order chi connectivity index (χ0) is 19.8. The maximum atomic E-state index is 14.7. The molecule has 2 heterocycles. The summed E-state index contributed by atoms with van der Waals surface area (Å²) in [4.78, 5) is 27.3. The second kappa shape index (κ2) is 7.41. The largest absolute Gasteiger partial charge is 0.805 e. The molecule has 8 heteroatoms. The average Bonchev–Trinajstić information content (AvgIpc) is 3.21. The predicted octanol–water partition coefficient (Wildman–Crippen LogP) is 3.44. The van der Waals surface area contributed by atoms with Crippen molar-refractivity contribution in [1.82, 2.24) is 4.73 Å². The quantitative estimate of drug-likeness (QED) is 0.593. The fourth-order valence-corrected chi connectivity index (χ4v) is 4.23. The van der Waals surface area contributed by atoms with Crippen molar-refractivity contribution in [3.8, 4) is 0 Å². The summed E-state index contributed by atoms with van der Waals surface area (Å²) in [5, 5.41) is 12.8. The van der Waals surface area contributed by atoms with E-state index in [1.54, 1.807) is 0 Å². The van der Waals surface area contributed by atoms with E-state index in [0.29, 0.717) is 27.9 Å². The van der Waals surface area contributed by atoms with Gasteiger partial charge in [-0.2, -0.15) is 0 Å². The molecule has 1 aromatic carbocycles. The van der Waals surface area contributed by atoms with Crippen LogP contribution in [0.25, 0.3) is 11.0 Å². The highest BCUT2D eigenvalue weighted by Crippen LogP contribution is 2.28. The number of carbonyl (C=O) groups is 1. The molecule has 28 heavy (non-hydrogen) atoms. The van der Waals surface area contributed by atoms with Gasteiger partial charge >= 0.3 is 11.7 Å². The Labute approximate surface area is 161 Å². The molecule has 1 saturated heterocycles. The average molecular weight is 389 g/mol. The van der Waals surface area contributed by atoms with E-state index in [9.17, 15) is 19.3 Å². The number of hydrogen-bond donors (Lipinski definition) is 0. The summed E-state index contributed by atoms with van der Waals surface area (Å²) in [6.45, 7) is 2.84. The minimum Gasteiger partial charge on any atom is -0.805 e. The van der Waals surface area contributed by atoms with E-state index >= 15 is 0 Å². The van der Waals surface area contributed by atoms with Crippen LogP contribution in [-0.4, -0.2) is 29.9 Å². The standard InChI is InChI=1S/C20H24FN3O4/c1-13-19(20(25)28-14-7-3-2-4-8-14)24(27)17-11-15(21)16(12-18(17)23(13)26)22-9-5-6-10-22/h11-12,14H,2-10H2,1H3. The Morgan fingerprint density at radius 3 is 2.54 bits per heavy atom. The lowest BCUT2D eigenvalue weighted by Gasteiger charge is -2.23. The number of ether oxygens (including phenoxy) is 1. The molecule has 0 bridgehead atoms. The number of esters is 1. The van der Waals surface area contributed by atoms with E-state index in [4.69, 9.17) is 4.74 Å². The van der Waals surface area contributed by atoms with Crippen molar-refractivity contribution in [3.63, 3.8) is 0 Å². The normalized spacial score (nSPS) is 18.0. The highest BCUT2D eigenvalue weighted by molar-refractivity contribution is 5.89. The van der Waals surface area contributed by atoms with Gasteiger partial charge in [-0.15, -0.1) is 0 Å². The number of fused-ring (bicyclic) bond motifs is 1. The molecular formula is C20H24FN3O4. The number of aromatic nitrogens is 2. The number of halogens is 1. The van der Waals surface area contributed by atoms with E-state index in [2.05, 4.69) is 0 Å². The SMILES string of the molecule is Cc1c(C(=O)OC2CCCCC2)[n+](=O)c2cc(F)c(N3CCCC3)cc2n1[O-]. The summed E-state index contributed by atoms with van der Waals surface area (Å²) >= 11 is 0. The monoisotopic (exact) mass is 389 g/mol. The fourth-order valence-electron chi connectivity index (χ4n) is 4.23. The summed E-state index contributed by atoms with van der Waals surface area (Å²) in [6, 6.07) is 2.45. The number of hydrogen-bond acceptors (Lipinski definition) is 5. The van der Waals surface area contributed by atoms with E-state index in [1.807, 2.05) is 4.90 Å². The van der Waals surface area contributed by atoms with Crippen LogP contribution in [0.2, 0.25) is 0 Å². The van der Waals surface area contributed by atoms with E-state index in [0.717, 1.165) is 51.0 Å². The van der Waals surface area contributed by atoms with Crippen LogP contribution in [0.4, 0.5) is 10.1 Å². The van der Waals surface area contributed by atoms with Crippen LogP contribution < -0.4 is 9.33 Å². The van der Waals surface area contributed by atoms with Crippen molar-refractivity contribution in [2.75, 3.05) is 18.0 Å². The molecule has 0 amide bonds. The second-order valence-corrected chi connectivity index (χ2v) is 7.67. The van der Waals surface area contributed by atoms with E-state index < -0.39 is 11.8 Å². The van der Waals surface area contributed by atoms with Crippen LogP contribution >= 0.6 is 0 Å². The molecule has 2 aromatic rings. The zero-order valence-corrected chi connectivity index (χ0v) is 15.9. The molecule has 2 aliphatic rings. The third kappa shape index (κ3) is 3.21. The highest BCUT2D eigenvalue weighted by Gasteiger charge is 2.32. The molecule has 1 aromatic heterocycles. The van der Waals surface area contributed by atoms with Crippen molar-refractivity contribution in [3.05, 3.63) is 39.5 Å². The minimum absolute atomic E-state index is 0.0395. The lowest BCUT2D eigenvalue weighted by Crippen LogP contribution is -2.34. The van der Waals surface area contributed by atoms with Crippen LogP contribution in [0.1, 0.15) is 61.1 Å². The molecule has 0 N–H and O–H groups in total. The van der Waals surface area contributed by atoms with E-state index in [1.165, 1.54) is 13.0 Å². The van der Waals surface area contributed by atoms with Gasteiger partial charge in [0.1, 0.15) is 11.6 Å². The number of carbonyl (C=O) groups excluding carboxylic acids is 1. The first-order valence-electron chi connectivity index (χ1n) is 9.92. The summed E-state index contributed by atoms with van der Waals surface area (Å²) in [7, 11) is 0. The van der Waals surface area contributed by atoms with Gasteiger partial charge in [-0.05, 0) is 51.5 Å². The Hall–Kier alpha value is -2.64. The number of rotatable bonds is 3. The molecule has 150 valence electrons. The maximum Gasteiger partial charge on any atom is 0.411 e. The Bertz CT molecular complexity index is 976. The summed E-state index contributed by atoms with van der Waals surface area (Å²) in [6.07, 6.45) is 6.22. The van der Waals surface area contributed by atoms with Crippen molar-refractivity contribution in [1.29, 1.82) is 0 Å². The molecule has 2 fully saturated rings. The van der Waals surface area contributed by atoms with Crippen LogP contribution in [0.5, 0.6) is 0 Å². The molecule has 1 saturated carbocycles. The molecule has 0 atom stereocenters. The Balaban J connectivity index is 1.77. The Morgan fingerprint density at radius 2 is 1.86 bits per heavy atom. The molecular weight excluding hydrogens is 365 g/mol. The Morgan fingerprint density at radius 1 is 1.18 bits per heavy atom. The third-order valence-corrected chi connectivity index (χ3v) is 5.80. The minimum atomic E-state index is -0.824. The summed E-state index contributed by atoms with van der Waals surface area (Å²) < 4.78 is 21.0. The predicted molar refractivity (Wildman–Crippen MR) is 103 cm³/mol. The summed E-state index contributed by atoms with van der Waals surface area (Å²) in [5.74, 6) is -1.40. The first-order valence-corrected chi connectivity index (χ1v) is 9.92. The molecule has 0 unspecified atom stereocenters. The van der Waals surface area contributed by atoms with Gasteiger partial charge in [0.15, 0.2) is 5.82 Å². The fraction of sp³-hybridized carbons (Fsp3) is 0.550. The first kappa shape index (κ1) is 18.7. The van der Waals surface area contributed by atoms with Gasteiger partial charge in [0, 0.05) is 18.0 Å². The van der Waals surface area contributed by atoms with Crippen molar-refractivity contribution >= 4 is 22.7 Å². The lowest BCUT2D eigenvalue weighted by atomic mass is 9.98. The smallest absolute Gasteiger partial charge is 0.411 e. The third-order valence-electron chi connectivity index (χ3n) is 5.80. The van der Waals surface area contributed by atoms with Crippen LogP contribution in [0.3, 0.4) is 0 Å². The van der Waals surface area contributed by atoms with Crippen molar-refractivity contribution in [2.45, 2.75) is 58.0 Å². The number of nitrogens with zero attached hydrogens (tertiary/aromatic N) is 3. The van der Waals surface area contributed by atoms with Gasteiger partial charge in [0.05, 0.1) is 21.9 Å². The molecule has 4 rings (SSSR count). The van der Waals surface area contributed by atoms with Gasteiger partial charge in [0.25, 0.3) is 5.52 Å². The molecule has 0 radical (unpaired) electrons. The van der Waals surface area contributed by atoms with Gasteiger partial charge < -0.3 is 19.6 Å². The second-order valence-electron chi connectivity index (χ2n) is 7.67. The zero-order valence-electron chi connectivity index (χ0n) is 15.9. The topological polar surface area (TPSA) is 80.5 Å². The van der Waals surface area contributed by atoms with Gasteiger partial charge in [-0.25, -0.2) is 9.18 Å². The van der Waals surface area contributed by atoms with Crippen LogP contribution in [0.15, 0.2) is 12.1 Å². The molecule has 7 nitrogen and oxygen atoms in total. The number of anilines is 1. The van der Waals surface area contributed by atoms with Crippen molar-refractivity contribution in [2.24, 2.45) is 0 Å². The highest BCUT2D eigenvalue weighted by atomic mass is 19.1. The van der Waals surface area contributed by atoms with Crippen LogP contribution in [-0.2, 0) is 4.74 Å². The maximum absolute atomic E-state index is 14.7. The lowest BCUT2D eigenvalue weighted by molar-refractivity contribution is -0.469. The Kier molecular flexibility index (Phi) is 4.95. The van der Waals surface area contributed by atoms with Crippen LogP contribution in [0, 0.1) is 22.9 Å². The molecule has 1 aliphatic heterocycles. The summed E-state index contributed by atoms with van der Waals surface area (Å²) in [5.41, 5.74) is -0.225. The molecule has 0 spiro atoms. The van der Waals surface area contributed by atoms with E-state index in [-0.39, 0.29) is 28.5 Å². The first-order chi connectivity index (χ1) is 13.5. The van der Waals surface area contributed by atoms with Gasteiger partial charge in [-0.3, -0.25) is 0 Å². The van der Waals surface area contributed by atoms with Gasteiger partial charge in [0.2, 0.25) is 0 Å². The molecule has 1 aliphatic carbocycles. The van der Waals surface area contributed by atoms with Crippen molar-refractivity contribution < 1.29 is 18.3 Å². The van der Waals surface area contributed by atoms with Gasteiger partial charge in [-0.1, -0.05) is 6.42 Å².